The Morgan fingerprint density at radius 2 is 2.11 bits per heavy atom. The fourth-order valence-corrected chi connectivity index (χ4v) is 3.58. The van der Waals surface area contributed by atoms with Gasteiger partial charge in [0.25, 0.3) is 0 Å². The van der Waals surface area contributed by atoms with Crippen molar-refractivity contribution in [2.75, 3.05) is 0 Å². The number of primary sulfonamides is 1. The van der Waals surface area contributed by atoms with Crippen LogP contribution in [0.3, 0.4) is 0 Å². The van der Waals surface area contributed by atoms with Crippen LogP contribution in [-0.2, 0) is 15.4 Å². The molecule has 96 valence electrons. The summed E-state index contributed by atoms with van der Waals surface area (Å²) >= 11 is 0. The molecule has 0 spiro atoms. The third kappa shape index (κ3) is 1.61. The van der Waals surface area contributed by atoms with Crippen LogP contribution < -0.4 is 5.14 Å². The molecule has 1 heterocycles. The summed E-state index contributed by atoms with van der Waals surface area (Å²) in [5, 5.41) is 5.20. The van der Waals surface area contributed by atoms with Gasteiger partial charge in [-0.1, -0.05) is 13.3 Å². The van der Waals surface area contributed by atoms with Gasteiger partial charge in [-0.25, -0.2) is 13.6 Å². The van der Waals surface area contributed by atoms with Gasteiger partial charge in [-0.15, -0.1) is 0 Å². The van der Waals surface area contributed by atoms with E-state index in [-0.39, 0.29) is 10.3 Å². The summed E-state index contributed by atoms with van der Waals surface area (Å²) in [5.41, 5.74) is 3.02. The Balaban J connectivity index is 2.17. The highest BCUT2D eigenvalue weighted by molar-refractivity contribution is 7.89. The van der Waals surface area contributed by atoms with Crippen LogP contribution in [0.2, 0.25) is 0 Å². The maximum Gasteiger partial charge on any atom is 0.238 e. The second-order valence-electron chi connectivity index (χ2n) is 5.32. The first-order valence-electron chi connectivity index (χ1n) is 6.17. The number of benzene rings is 1. The van der Waals surface area contributed by atoms with Crippen molar-refractivity contribution in [2.24, 2.45) is 10.1 Å². The van der Waals surface area contributed by atoms with Crippen molar-refractivity contribution in [3.05, 3.63) is 23.8 Å². The fraction of sp³-hybridized carbons (Fsp3) is 0.462. The number of aliphatic imine (C=N–C) groups is 1. The first-order chi connectivity index (χ1) is 8.41. The topological polar surface area (TPSA) is 72.5 Å². The van der Waals surface area contributed by atoms with Crippen molar-refractivity contribution in [3.8, 4) is 0 Å². The fourth-order valence-electron chi connectivity index (χ4n) is 3.04. The van der Waals surface area contributed by atoms with Crippen LogP contribution in [0.4, 0.5) is 5.69 Å². The highest BCUT2D eigenvalue weighted by atomic mass is 32.2. The lowest BCUT2D eigenvalue weighted by atomic mass is 9.71. The zero-order valence-corrected chi connectivity index (χ0v) is 11.1. The number of hydrogen-bond donors (Lipinski definition) is 1. The summed E-state index contributed by atoms with van der Waals surface area (Å²) in [6, 6.07) is 5.01. The minimum atomic E-state index is -3.64. The number of sulfonamides is 1. The Morgan fingerprint density at radius 3 is 2.83 bits per heavy atom. The largest absolute Gasteiger partial charge is 0.257 e. The summed E-state index contributed by atoms with van der Waals surface area (Å²) in [6.07, 6.45) is 4.38. The Morgan fingerprint density at radius 1 is 1.33 bits per heavy atom. The van der Waals surface area contributed by atoms with E-state index in [4.69, 9.17) is 5.14 Å². The van der Waals surface area contributed by atoms with Crippen molar-refractivity contribution >= 4 is 21.4 Å². The monoisotopic (exact) mass is 264 g/mol. The SMILES string of the molecule is C[C@]12CCCCC1=Nc1ccc(S(N)(=O)=O)cc12. The van der Waals surface area contributed by atoms with Crippen LogP contribution >= 0.6 is 0 Å². The van der Waals surface area contributed by atoms with E-state index in [9.17, 15) is 8.42 Å². The summed E-state index contributed by atoms with van der Waals surface area (Å²) < 4.78 is 22.9. The molecule has 0 radical (unpaired) electrons. The molecule has 1 saturated carbocycles. The minimum absolute atomic E-state index is 0.0890. The molecule has 1 aromatic rings. The molecular weight excluding hydrogens is 248 g/mol. The molecule has 1 aromatic carbocycles. The van der Waals surface area contributed by atoms with Crippen LogP contribution in [0, 0.1) is 0 Å². The number of nitrogens with two attached hydrogens (primary N) is 1. The Labute approximate surface area is 107 Å². The molecule has 18 heavy (non-hydrogen) atoms. The second kappa shape index (κ2) is 3.65. The number of rotatable bonds is 1. The van der Waals surface area contributed by atoms with Gasteiger partial charge in [-0.2, -0.15) is 0 Å². The molecule has 0 unspecified atom stereocenters. The number of hydrogen-bond acceptors (Lipinski definition) is 3. The first-order valence-corrected chi connectivity index (χ1v) is 7.71. The van der Waals surface area contributed by atoms with Gasteiger partial charge in [0.2, 0.25) is 10.0 Å². The maximum absolute atomic E-state index is 11.4. The summed E-state index contributed by atoms with van der Waals surface area (Å²) in [7, 11) is -3.64. The number of fused-ring (bicyclic) bond motifs is 3. The lowest BCUT2D eigenvalue weighted by Crippen LogP contribution is -2.32. The molecular formula is C13H16N2O2S. The molecule has 3 rings (SSSR count). The predicted octanol–water partition coefficient (Wildman–Crippen LogP) is 2.25. The average Bonchev–Trinajstić information content (AvgIpc) is 2.60. The molecule has 0 bridgehead atoms. The van der Waals surface area contributed by atoms with Crippen LogP contribution in [0.1, 0.15) is 38.2 Å². The van der Waals surface area contributed by atoms with Crippen molar-refractivity contribution in [3.63, 3.8) is 0 Å². The molecule has 1 aliphatic carbocycles. The molecule has 2 N–H and O–H groups in total. The summed E-state index contributed by atoms with van der Waals surface area (Å²) in [6.45, 7) is 2.16. The van der Waals surface area contributed by atoms with Crippen molar-refractivity contribution < 1.29 is 8.42 Å². The van der Waals surface area contributed by atoms with E-state index >= 15 is 0 Å². The maximum atomic E-state index is 11.4. The quantitative estimate of drug-likeness (QED) is 0.845. The highest BCUT2D eigenvalue weighted by Crippen LogP contribution is 2.47. The van der Waals surface area contributed by atoms with Crippen LogP contribution in [0.15, 0.2) is 28.1 Å². The third-order valence-corrected chi connectivity index (χ3v) is 5.03. The third-order valence-electron chi connectivity index (χ3n) is 4.12. The average molecular weight is 264 g/mol. The lowest BCUT2D eigenvalue weighted by Gasteiger charge is -2.31. The Kier molecular flexibility index (Phi) is 2.40. The van der Waals surface area contributed by atoms with E-state index < -0.39 is 10.0 Å². The molecule has 1 atom stereocenters. The minimum Gasteiger partial charge on any atom is -0.257 e. The van der Waals surface area contributed by atoms with Gasteiger partial charge in [-0.3, -0.25) is 4.99 Å². The zero-order valence-electron chi connectivity index (χ0n) is 10.3. The molecule has 0 saturated heterocycles. The van der Waals surface area contributed by atoms with Gasteiger partial charge < -0.3 is 0 Å². The van der Waals surface area contributed by atoms with E-state index in [0.717, 1.165) is 30.5 Å². The van der Waals surface area contributed by atoms with Crippen LogP contribution in [-0.4, -0.2) is 14.1 Å². The van der Waals surface area contributed by atoms with Gasteiger partial charge in [0.15, 0.2) is 0 Å². The second-order valence-corrected chi connectivity index (χ2v) is 6.88. The van der Waals surface area contributed by atoms with Gasteiger partial charge in [0, 0.05) is 11.1 Å². The molecule has 0 aromatic heterocycles. The molecule has 1 aliphatic heterocycles. The smallest absolute Gasteiger partial charge is 0.238 e. The Bertz CT molecular complexity index is 649. The van der Waals surface area contributed by atoms with E-state index in [1.54, 1.807) is 18.2 Å². The molecule has 2 aliphatic rings. The van der Waals surface area contributed by atoms with E-state index in [1.807, 2.05) is 0 Å². The molecule has 5 heteroatoms. The van der Waals surface area contributed by atoms with E-state index in [1.165, 1.54) is 12.1 Å². The van der Waals surface area contributed by atoms with Crippen molar-refractivity contribution in [1.82, 2.24) is 0 Å². The first kappa shape index (κ1) is 11.9. The Hall–Kier alpha value is -1.20. The molecule has 0 amide bonds. The standard InChI is InChI=1S/C13H16N2O2S/c1-13-7-3-2-4-12(13)15-11-6-5-9(8-10(11)13)18(14,16)17/h5-6,8H,2-4,7H2,1H3,(H2,14,16,17)/t13-/m1/s1. The van der Waals surface area contributed by atoms with Crippen molar-refractivity contribution in [1.29, 1.82) is 0 Å². The normalized spacial score (nSPS) is 26.4. The van der Waals surface area contributed by atoms with Crippen molar-refractivity contribution in [2.45, 2.75) is 42.9 Å². The van der Waals surface area contributed by atoms with Gasteiger partial charge >= 0.3 is 0 Å². The van der Waals surface area contributed by atoms with E-state index in [0.29, 0.717) is 0 Å². The van der Waals surface area contributed by atoms with Crippen LogP contribution in [0.25, 0.3) is 0 Å². The predicted molar refractivity (Wildman–Crippen MR) is 70.7 cm³/mol. The summed E-state index contributed by atoms with van der Waals surface area (Å²) in [4.78, 5) is 4.83. The summed E-state index contributed by atoms with van der Waals surface area (Å²) in [5.74, 6) is 0. The van der Waals surface area contributed by atoms with Gasteiger partial charge in [-0.05, 0) is 43.0 Å². The van der Waals surface area contributed by atoms with Gasteiger partial charge in [0.05, 0.1) is 10.6 Å². The highest BCUT2D eigenvalue weighted by Gasteiger charge is 2.40. The number of nitrogens with zero attached hydrogens (tertiary/aromatic N) is 1. The van der Waals surface area contributed by atoms with Crippen LogP contribution in [0.5, 0.6) is 0 Å². The lowest BCUT2D eigenvalue weighted by molar-refractivity contribution is 0.497. The molecule has 1 fully saturated rings. The zero-order chi connectivity index (χ0) is 13.0. The molecule has 4 nitrogen and oxygen atoms in total. The van der Waals surface area contributed by atoms with Gasteiger partial charge in [0.1, 0.15) is 0 Å². The van der Waals surface area contributed by atoms with E-state index in [2.05, 4.69) is 11.9 Å².